The van der Waals surface area contributed by atoms with Crippen LogP contribution in [0, 0.1) is 0 Å². The Labute approximate surface area is 129 Å². The number of carbonyl (C=O) groups excluding carboxylic acids is 1. The first-order valence-corrected chi connectivity index (χ1v) is 7.33. The van der Waals surface area contributed by atoms with E-state index in [1.165, 1.54) is 13.2 Å². The smallest absolute Gasteiger partial charge is 0.193 e. The Morgan fingerprint density at radius 2 is 2.33 bits per heavy atom. The highest BCUT2D eigenvalue weighted by Crippen LogP contribution is 2.36. The quantitative estimate of drug-likeness (QED) is 0.675. The van der Waals surface area contributed by atoms with Gasteiger partial charge in [-0.25, -0.2) is 4.98 Å². The minimum absolute atomic E-state index is 0.269. The molecule has 7 heteroatoms. The maximum absolute atomic E-state index is 10.8. The molecule has 0 spiro atoms. The third kappa shape index (κ3) is 2.72. The third-order valence-electron chi connectivity index (χ3n) is 2.90. The second-order valence-electron chi connectivity index (χ2n) is 4.27. The highest BCUT2D eigenvalue weighted by molar-refractivity contribution is 7.15. The number of hydrogen-bond donors (Lipinski definition) is 0. The Morgan fingerprint density at radius 1 is 1.48 bits per heavy atom. The normalized spacial score (nSPS) is 10.8. The molecular formula is C14H11ClN2O3S. The molecule has 3 aromatic rings. The van der Waals surface area contributed by atoms with Crippen molar-refractivity contribution in [3.63, 3.8) is 0 Å². The van der Waals surface area contributed by atoms with Gasteiger partial charge in [0.25, 0.3) is 0 Å². The molecule has 5 nitrogen and oxygen atoms in total. The molecule has 0 unspecified atom stereocenters. The van der Waals surface area contributed by atoms with E-state index in [0.717, 1.165) is 10.7 Å². The summed E-state index contributed by atoms with van der Waals surface area (Å²) in [6, 6.07) is 3.12. The zero-order valence-electron chi connectivity index (χ0n) is 11.1. The van der Waals surface area contributed by atoms with Crippen molar-refractivity contribution in [2.24, 2.45) is 0 Å². The molecular weight excluding hydrogens is 312 g/mol. The highest BCUT2D eigenvalue weighted by Gasteiger charge is 2.13. The first kappa shape index (κ1) is 13.9. The van der Waals surface area contributed by atoms with Crippen LogP contribution in [0.4, 0.5) is 0 Å². The lowest BCUT2D eigenvalue weighted by atomic mass is 10.2. The minimum atomic E-state index is 0.269. The fourth-order valence-electron chi connectivity index (χ4n) is 1.94. The average molecular weight is 323 g/mol. The summed E-state index contributed by atoms with van der Waals surface area (Å²) < 4.78 is 12.8. The maximum Gasteiger partial charge on any atom is 0.193 e. The number of benzene rings is 1. The molecule has 0 aliphatic carbocycles. The van der Waals surface area contributed by atoms with Crippen molar-refractivity contribution in [3.05, 3.63) is 46.2 Å². The van der Waals surface area contributed by atoms with Crippen LogP contribution in [0.1, 0.15) is 16.1 Å². The van der Waals surface area contributed by atoms with Crippen molar-refractivity contribution in [1.29, 1.82) is 0 Å². The molecule has 108 valence electrons. The molecule has 21 heavy (non-hydrogen) atoms. The van der Waals surface area contributed by atoms with Gasteiger partial charge in [0, 0.05) is 23.3 Å². The Bertz CT molecular complexity index is 768. The van der Waals surface area contributed by atoms with Crippen LogP contribution in [0.3, 0.4) is 0 Å². The average Bonchev–Trinajstić information content (AvgIpc) is 3.06. The first-order chi connectivity index (χ1) is 10.2. The van der Waals surface area contributed by atoms with E-state index < -0.39 is 0 Å². The predicted molar refractivity (Wildman–Crippen MR) is 80.8 cm³/mol. The molecule has 2 aromatic heterocycles. The minimum Gasteiger partial charge on any atom is -0.493 e. The van der Waals surface area contributed by atoms with Gasteiger partial charge in [-0.1, -0.05) is 11.6 Å². The number of nitrogens with zero attached hydrogens (tertiary/aromatic N) is 2. The summed E-state index contributed by atoms with van der Waals surface area (Å²) in [6.07, 6.45) is 4.54. The summed E-state index contributed by atoms with van der Waals surface area (Å²) in [5.74, 6) is 0.826. The van der Waals surface area contributed by atoms with Gasteiger partial charge in [-0.2, -0.15) is 0 Å². The van der Waals surface area contributed by atoms with Crippen molar-refractivity contribution in [2.75, 3.05) is 7.11 Å². The Morgan fingerprint density at radius 3 is 3.05 bits per heavy atom. The molecule has 0 amide bonds. The largest absolute Gasteiger partial charge is 0.493 e. The van der Waals surface area contributed by atoms with Crippen LogP contribution >= 0.6 is 22.9 Å². The van der Waals surface area contributed by atoms with Crippen molar-refractivity contribution in [3.8, 4) is 11.5 Å². The molecule has 0 atom stereocenters. The van der Waals surface area contributed by atoms with Gasteiger partial charge >= 0.3 is 0 Å². The number of aromatic nitrogens is 2. The van der Waals surface area contributed by atoms with Crippen molar-refractivity contribution in [2.45, 2.75) is 6.61 Å². The van der Waals surface area contributed by atoms with Crippen molar-refractivity contribution >= 4 is 34.2 Å². The number of ether oxygens (including phenoxy) is 2. The molecule has 1 aromatic carbocycles. The molecule has 3 rings (SSSR count). The van der Waals surface area contributed by atoms with Gasteiger partial charge < -0.3 is 9.47 Å². The lowest BCUT2D eigenvalue weighted by Gasteiger charge is -2.12. The van der Waals surface area contributed by atoms with Gasteiger partial charge in [-0.15, -0.1) is 11.3 Å². The molecule has 0 saturated carbocycles. The summed E-state index contributed by atoms with van der Waals surface area (Å²) in [5, 5.41) is 2.29. The Balaban J connectivity index is 1.83. The van der Waals surface area contributed by atoms with Gasteiger partial charge in [0.15, 0.2) is 16.5 Å². The number of aldehydes is 1. The van der Waals surface area contributed by atoms with Crippen LogP contribution in [-0.4, -0.2) is 22.8 Å². The lowest BCUT2D eigenvalue weighted by molar-refractivity contribution is 0.112. The fourth-order valence-corrected chi connectivity index (χ4v) is 2.93. The van der Waals surface area contributed by atoms with E-state index in [2.05, 4.69) is 4.98 Å². The zero-order chi connectivity index (χ0) is 14.8. The number of fused-ring (bicyclic) bond motifs is 1. The fraction of sp³-hybridized carbons (Fsp3) is 0.143. The van der Waals surface area contributed by atoms with E-state index in [9.17, 15) is 4.79 Å². The molecule has 0 fully saturated rings. The number of hydrogen-bond acceptors (Lipinski definition) is 5. The second kappa shape index (κ2) is 5.75. The molecule has 0 aliphatic heterocycles. The topological polar surface area (TPSA) is 52.8 Å². The lowest BCUT2D eigenvalue weighted by Crippen LogP contribution is -1.99. The number of imidazole rings is 1. The second-order valence-corrected chi connectivity index (χ2v) is 5.55. The molecule has 0 bridgehead atoms. The number of thiazole rings is 1. The molecule has 2 heterocycles. The van der Waals surface area contributed by atoms with Gasteiger partial charge in [0.1, 0.15) is 12.9 Å². The predicted octanol–water partition coefficient (Wildman–Crippen LogP) is 3.45. The van der Waals surface area contributed by atoms with E-state index in [4.69, 9.17) is 21.1 Å². The SMILES string of the molecule is COc1cc(C=O)cc(Cl)c1OCc1cn2ccsc2n1. The van der Waals surface area contributed by atoms with Crippen molar-refractivity contribution in [1.82, 2.24) is 9.38 Å². The zero-order valence-corrected chi connectivity index (χ0v) is 12.6. The van der Waals surface area contributed by atoms with Gasteiger partial charge in [0.05, 0.1) is 17.8 Å². The summed E-state index contributed by atoms with van der Waals surface area (Å²) in [6.45, 7) is 0.269. The van der Waals surface area contributed by atoms with Crippen LogP contribution in [0.5, 0.6) is 11.5 Å². The Hall–Kier alpha value is -2.05. The first-order valence-electron chi connectivity index (χ1n) is 6.08. The maximum atomic E-state index is 10.8. The Kier molecular flexibility index (Phi) is 3.81. The van der Waals surface area contributed by atoms with Crippen LogP contribution in [0.2, 0.25) is 5.02 Å². The third-order valence-corrected chi connectivity index (χ3v) is 3.95. The van der Waals surface area contributed by atoms with Crippen LogP contribution in [-0.2, 0) is 6.61 Å². The monoisotopic (exact) mass is 322 g/mol. The summed E-state index contributed by atoms with van der Waals surface area (Å²) in [5.41, 5.74) is 1.23. The van der Waals surface area contributed by atoms with Crippen LogP contribution in [0.15, 0.2) is 29.9 Å². The summed E-state index contributed by atoms with van der Waals surface area (Å²) in [4.78, 5) is 16.1. The molecule has 0 aliphatic rings. The summed E-state index contributed by atoms with van der Waals surface area (Å²) in [7, 11) is 1.50. The number of methoxy groups -OCH3 is 1. The van der Waals surface area contributed by atoms with Gasteiger partial charge in [-0.3, -0.25) is 9.20 Å². The number of halogens is 1. The number of rotatable bonds is 5. The van der Waals surface area contributed by atoms with Gasteiger partial charge in [-0.05, 0) is 12.1 Å². The van der Waals surface area contributed by atoms with Crippen LogP contribution < -0.4 is 9.47 Å². The number of carbonyl (C=O) groups is 1. The van der Waals surface area contributed by atoms with E-state index in [1.807, 2.05) is 22.2 Å². The molecule has 0 saturated heterocycles. The van der Waals surface area contributed by atoms with Crippen LogP contribution in [0.25, 0.3) is 4.96 Å². The van der Waals surface area contributed by atoms with E-state index >= 15 is 0 Å². The van der Waals surface area contributed by atoms with E-state index in [0.29, 0.717) is 28.4 Å². The highest BCUT2D eigenvalue weighted by atomic mass is 35.5. The van der Waals surface area contributed by atoms with Gasteiger partial charge in [0.2, 0.25) is 0 Å². The van der Waals surface area contributed by atoms with Crippen molar-refractivity contribution < 1.29 is 14.3 Å². The van der Waals surface area contributed by atoms with E-state index in [1.54, 1.807) is 17.4 Å². The summed E-state index contributed by atoms with van der Waals surface area (Å²) >= 11 is 7.68. The molecule has 0 radical (unpaired) electrons. The standard InChI is InChI=1S/C14H11ClN2O3S/c1-19-12-5-9(7-18)4-11(15)13(12)20-8-10-6-17-2-3-21-14(17)16-10/h2-7H,8H2,1H3. The molecule has 0 N–H and O–H groups in total. The van der Waals surface area contributed by atoms with E-state index in [-0.39, 0.29) is 6.61 Å².